The standard InChI is InChI=1S/C26H39N5O3/c1-5-34-23-8-6-21(7-9-23)26-27-24(29-12-10-22(32)11-13-29)16-25(28-26)30-17-19(2)31(14-15-33-4)20(3)18-30/h6-9,16,19-20,22,32H,5,10-15,17-18H2,1-4H3. The molecule has 0 amide bonds. The van der Waals surface area contributed by atoms with E-state index >= 15 is 0 Å². The van der Waals surface area contributed by atoms with Crippen LogP contribution in [0.3, 0.4) is 0 Å². The van der Waals surface area contributed by atoms with Gasteiger partial charge in [0.2, 0.25) is 0 Å². The van der Waals surface area contributed by atoms with Crippen LogP contribution in [0, 0.1) is 0 Å². The normalized spacial score (nSPS) is 22.3. The summed E-state index contributed by atoms with van der Waals surface area (Å²) < 4.78 is 10.9. The molecule has 0 saturated carbocycles. The van der Waals surface area contributed by atoms with Gasteiger partial charge >= 0.3 is 0 Å². The van der Waals surface area contributed by atoms with Gasteiger partial charge in [0, 0.05) is 63.5 Å². The Morgan fingerprint density at radius 3 is 2.18 bits per heavy atom. The molecule has 0 aliphatic carbocycles. The summed E-state index contributed by atoms with van der Waals surface area (Å²) in [6.07, 6.45) is 1.32. The van der Waals surface area contributed by atoms with Crippen molar-refractivity contribution in [1.29, 1.82) is 0 Å². The van der Waals surface area contributed by atoms with Crippen molar-refractivity contribution in [3.05, 3.63) is 30.3 Å². The van der Waals surface area contributed by atoms with Crippen LogP contribution >= 0.6 is 0 Å². The van der Waals surface area contributed by atoms with Crippen LogP contribution in [0.5, 0.6) is 5.75 Å². The summed E-state index contributed by atoms with van der Waals surface area (Å²) >= 11 is 0. The quantitative estimate of drug-likeness (QED) is 0.632. The number of benzene rings is 1. The van der Waals surface area contributed by atoms with Crippen LogP contribution in [0.15, 0.2) is 30.3 Å². The van der Waals surface area contributed by atoms with Gasteiger partial charge in [0.15, 0.2) is 5.82 Å². The molecule has 34 heavy (non-hydrogen) atoms. The number of rotatable bonds is 8. The third-order valence-corrected chi connectivity index (χ3v) is 6.89. The molecule has 2 saturated heterocycles. The average Bonchev–Trinajstić information content (AvgIpc) is 2.84. The zero-order valence-electron chi connectivity index (χ0n) is 21.0. The molecule has 3 heterocycles. The number of methoxy groups -OCH3 is 1. The summed E-state index contributed by atoms with van der Waals surface area (Å²) in [5.74, 6) is 3.47. The summed E-state index contributed by atoms with van der Waals surface area (Å²) in [6.45, 7) is 12.3. The number of aromatic nitrogens is 2. The summed E-state index contributed by atoms with van der Waals surface area (Å²) in [5, 5.41) is 9.99. The van der Waals surface area contributed by atoms with Crippen molar-refractivity contribution in [3.8, 4) is 17.1 Å². The average molecular weight is 470 g/mol. The van der Waals surface area contributed by atoms with E-state index in [4.69, 9.17) is 19.4 Å². The van der Waals surface area contributed by atoms with E-state index in [1.807, 2.05) is 31.2 Å². The van der Waals surface area contributed by atoms with Crippen LogP contribution in [-0.4, -0.2) is 91.2 Å². The third-order valence-electron chi connectivity index (χ3n) is 6.89. The molecule has 186 valence electrons. The number of hydrogen-bond donors (Lipinski definition) is 1. The van der Waals surface area contributed by atoms with Crippen molar-refractivity contribution in [1.82, 2.24) is 14.9 Å². The highest BCUT2D eigenvalue weighted by Gasteiger charge is 2.31. The molecule has 2 aromatic rings. The monoisotopic (exact) mass is 469 g/mol. The number of piperazine rings is 1. The second kappa shape index (κ2) is 11.3. The predicted molar refractivity (Wildman–Crippen MR) is 136 cm³/mol. The second-order valence-corrected chi connectivity index (χ2v) is 9.42. The number of ether oxygens (including phenoxy) is 2. The van der Waals surface area contributed by atoms with Gasteiger partial charge < -0.3 is 24.4 Å². The smallest absolute Gasteiger partial charge is 0.163 e. The minimum absolute atomic E-state index is 0.218. The van der Waals surface area contributed by atoms with E-state index in [-0.39, 0.29) is 6.10 Å². The maximum Gasteiger partial charge on any atom is 0.163 e. The van der Waals surface area contributed by atoms with Crippen LogP contribution < -0.4 is 14.5 Å². The van der Waals surface area contributed by atoms with E-state index in [2.05, 4.69) is 34.6 Å². The van der Waals surface area contributed by atoms with Crippen LogP contribution in [0.2, 0.25) is 0 Å². The lowest BCUT2D eigenvalue weighted by Gasteiger charge is -2.45. The predicted octanol–water partition coefficient (Wildman–Crippen LogP) is 3.05. The molecular weight excluding hydrogens is 430 g/mol. The largest absolute Gasteiger partial charge is 0.494 e. The van der Waals surface area contributed by atoms with Crippen LogP contribution in [0.1, 0.15) is 33.6 Å². The first-order valence-corrected chi connectivity index (χ1v) is 12.5. The molecule has 2 fully saturated rings. The number of aliphatic hydroxyl groups excluding tert-OH is 1. The maximum absolute atomic E-state index is 9.99. The Morgan fingerprint density at radius 1 is 0.971 bits per heavy atom. The van der Waals surface area contributed by atoms with Crippen LogP contribution in [0.4, 0.5) is 11.6 Å². The van der Waals surface area contributed by atoms with Crippen LogP contribution in [0.25, 0.3) is 11.4 Å². The number of hydrogen-bond acceptors (Lipinski definition) is 8. The highest BCUT2D eigenvalue weighted by molar-refractivity contribution is 5.63. The van der Waals surface area contributed by atoms with Crippen molar-refractivity contribution in [2.45, 2.75) is 51.8 Å². The first kappa shape index (κ1) is 24.7. The Hall–Kier alpha value is -2.42. The molecule has 0 radical (unpaired) electrons. The van der Waals surface area contributed by atoms with Crippen molar-refractivity contribution in [2.24, 2.45) is 0 Å². The highest BCUT2D eigenvalue weighted by Crippen LogP contribution is 2.29. The Bertz CT molecular complexity index is 905. The fourth-order valence-corrected chi connectivity index (χ4v) is 5.02. The SMILES string of the molecule is CCOc1ccc(-c2nc(N3CCC(O)CC3)cc(N3CC(C)N(CCOC)C(C)C3)n2)cc1. The molecule has 1 N–H and O–H groups in total. The molecule has 2 atom stereocenters. The molecule has 8 nitrogen and oxygen atoms in total. The molecule has 0 bridgehead atoms. The van der Waals surface area contributed by atoms with Gasteiger partial charge in [-0.1, -0.05) is 0 Å². The van der Waals surface area contributed by atoms with Crippen molar-refractivity contribution < 1.29 is 14.6 Å². The molecule has 4 rings (SSSR count). The molecule has 0 spiro atoms. The van der Waals surface area contributed by atoms with Crippen molar-refractivity contribution >= 4 is 11.6 Å². The van der Waals surface area contributed by atoms with E-state index in [0.29, 0.717) is 18.7 Å². The van der Waals surface area contributed by atoms with E-state index in [1.54, 1.807) is 7.11 Å². The topological polar surface area (TPSA) is 74.2 Å². The lowest BCUT2D eigenvalue weighted by molar-refractivity contribution is 0.0844. The molecule has 1 aromatic heterocycles. The maximum atomic E-state index is 9.99. The van der Waals surface area contributed by atoms with Gasteiger partial charge in [-0.05, 0) is 57.9 Å². The molecule has 2 unspecified atom stereocenters. The fraction of sp³-hybridized carbons (Fsp3) is 0.615. The van der Waals surface area contributed by atoms with Gasteiger partial charge in [0.1, 0.15) is 17.4 Å². The summed E-state index contributed by atoms with van der Waals surface area (Å²) in [5.41, 5.74) is 0.975. The van der Waals surface area contributed by atoms with Gasteiger partial charge in [-0.2, -0.15) is 0 Å². The summed E-state index contributed by atoms with van der Waals surface area (Å²) in [7, 11) is 1.76. The zero-order valence-corrected chi connectivity index (χ0v) is 21.0. The molecule has 8 heteroatoms. The minimum atomic E-state index is -0.218. The Morgan fingerprint density at radius 2 is 1.59 bits per heavy atom. The Balaban J connectivity index is 1.63. The van der Waals surface area contributed by atoms with Gasteiger partial charge in [-0.25, -0.2) is 9.97 Å². The van der Waals surface area contributed by atoms with Gasteiger partial charge in [0.05, 0.1) is 19.3 Å². The van der Waals surface area contributed by atoms with Gasteiger partial charge in [-0.3, -0.25) is 4.90 Å². The number of nitrogens with zero attached hydrogens (tertiary/aromatic N) is 5. The highest BCUT2D eigenvalue weighted by atomic mass is 16.5. The Labute approximate surface area is 203 Å². The van der Waals surface area contributed by atoms with Crippen molar-refractivity contribution in [2.75, 3.05) is 62.8 Å². The molecule has 2 aliphatic heterocycles. The number of anilines is 2. The minimum Gasteiger partial charge on any atom is -0.494 e. The lowest BCUT2D eigenvalue weighted by Crippen LogP contribution is -2.57. The molecule has 2 aliphatic rings. The second-order valence-electron chi connectivity index (χ2n) is 9.42. The fourth-order valence-electron chi connectivity index (χ4n) is 5.02. The Kier molecular flexibility index (Phi) is 8.24. The summed E-state index contributed by atoms with van der Waals surface area (Å²) in [4.78, 5) is 17.2. The lowest BCUT2D eigenvalue weighted by atomic mass is 10.1. The van der Waals surface area contributed by atoms with Crippen LogP contribution in [-0.2, 0) is 4.74 Å². The number of piperidine rings is 1. The third kappa shape index (κ3) is 5.79. The van der Waals surface area contributed by atoms with E-state index in [1.165, 1.54) is 0 Å². The number of aliphatic hydroxyl groups is 1. The van der Waals surface area contributed by atoms with E-state index < -0.39 is 0 Å². The zero-order chi connectivity index (χ0) is 24.1. The first-order chi connectivity index (χ1) is 16.5. The van der Waals surface area contributed by atoms with Crippen molar-refractivity contribution in [3.63, 3.8) is 0 Å². The molecular formula is C26H39N5O3. The summed E-state index contributed by atoms with van der Waals surface area (Å²) in [6, 6.07) is 10.9. The van der Waals surface area contributed by atoms with E-state index in [0.717, 1.165) is 80.9 Å². The first-order valence-electron chi connectivity index (χ1n) is 12.5. The molecule has 1 aromatic carbocycles. The van der Waals surface area contributed by atoms with E-state index in [9.17, 15) is 5.11 Å². The van der Waals surface area contributed by atoms with Gasteiger partial charge in [0.25, 0.3) is 0 Å². The van der Waals surface area contributed by atoms with Gasteiger partial charge in [-0.15, -0.1) is 0 Å².